The van der Waals surface area contributed by atoms with Crippen LogP contribution < -0.4 is 19.6 Å². The van der Waals surface area contributed by atoms with E-state index in [4.69, 9.17) is 32.8 Å². The number of phenolic OH excluding ortho intramolecular Hbond substituents is 3. The lowest BCUT2D eigenvalue weighted by Crippen LogP contribution is -2.61. The molecule has 0 saturated carbocycles. The van der Waals surface area contributed by atoms with Crippen LogP contribution in [0.1, 0.15) is 6.92 Å². The average molecular weight is 655 g/mol. The highest BCUT2D eigenvalue weighted by atomic mass is 16.7. The summed E-state index contributed by atoms with van der Waals surface area (Å²) in [6.45, 7) is 0.820. The van der Waals surface area contributed by atoms with Crippen molar-refractivity contribution in [2.45, 2.75) is 68.3 Å². The minimum Gasteiger partial charge on any atom is -0.508 e. The fraction of sp³-hybridized carbons (Fsp3) is 0.483. The van der Waals surface area contributed by atoms with Crippen LogP contribution in [0, 0.1) is 0 Å². The molecule has 3 aromatic rings. The molecule has 0 amide bonds. The number of phenols is 3. The number of ether oxygens (including phenoxy) is 6. The fourth-order valence-electron chi connectivity index (χ4n) is 5.25. The number of aliphatic hydroxyl groups excluding tert-OH is 6. The summed E-state index contributed by atoms with van der Waals surface area (Å²) in [7, 11) is 2.56. The van der Waals surface area contributed by atoms with Crippen LogP contribution in [0.4, 0.5) is 0 Å². The molecule has 2 aliphatic heterocycles. The molecular formula is C29H34O17. The highest BCUT2D eigenvalue weighted by Crippen LogP contribution is 2.44. The largest absolute Gasteiger partial charge is 0.508 e. The summed E-state index contributed by atoms with van der Waals surface area (Å²) in [5, 5.41) is 92.9. The molecule has 46 heavy (non-hydrogen) atoms. The van der Waals surface area contributed by atoms with Gasteiger partial charge in [0.15, 0.2) is 23.5 Å². The Balaban J connectivity index is 1.52. The molecule has 2 fully saturated rings. The van der Waals surface area contributed by atoms with Crippen LogP contribution in [-0.2, 0) is 14.2 Å². The number of aliphatic hydroxyl groups is 6. The van der Waals surface area contributed by atoms with Gasteiger partial charge in [-0.25, -0.2) is 0 Å². The number of aromatic hydroxyl groups is 3. The first-order chi connectivity index (χ1) is 21.8. The van der Waals surface area contributed by atoms with Crippen LogP contribution in [0.25, 0.3) is 22.3 Å². The monoisotopic (exact) mass is 654 g/mol. The molecule has 9 N–H and O–H groups in total. The minimum absolute atomic E-state index is 0.00809. The molecule has 17 heteroatoms. The van der Waals surface area contributed by atoms with Crippen molar-refractivity contribution >= 4 is 11.0 Å². The molecule has 252 valence electrons. The molecular weight excluding hydrogens is 620 g/mol. The lowest BCUT2D eigenvalue weighted by atomic mass is 9.98. The van der Waals surface area contributed by atoms with Crippen LogP contribution >= 0.6 is 0 Å². The van der Waals surface area contributed by atoms with Crippen molar-refractivity contribution in [3.05, 3.63) is 34.5 Å². The van der Waals surface area contributed by atoms with Gasteiger partial charge in [-0.15, -0.1) is 0 Å². The van der Waals surface area contributed by atoms with Crippen LogP contribution in [-0.4, -0.2) is 128 Å². The molecule has 0 spiro atoms. The Hall–Kier alpha value is -3.91. The van der Waals surface area contributed by atoms with Crippen molar-refractivity contribution < 1.29 is 78.8 Å². The lowest BCUT2D eigenvalue weighted by Gasteiger charge is -2.42. The van der Waals surface area contributed by atoms with Gasteiger partial charge in [0.2, 0.25) is 23.2 Å². The molecule has 2 saturated heterocycles. The molecule has 10 atom stereocenters. The molecule has 2 aliphatic rings. The van der Waals surface area contributed by atoms with Gasteiger partial charge in [-0.1, -0.05) is 0 Å². The highest BCUT2D eigenvalue weighted by Gasteiger charge is 2.48. The lowest BCUT2D eigenvalue weighted by molar-refractivity contribution is -0.318. The third-order valence-electron chi connectivity index (χ3n) is 7.77. The minimum atomic E-state index is -1.98. The quantitative estimate of drug-likeness (QED) is 0.135. The highest BCUT2D eigenvalue weighted by molar-refractivity contribution is 5.88. The summed E-state index contributed by atoms with van der Waals surface area (Å²) < 4.78 is 38.5. The van der Waals surface area contributed by atoms with E-state index in [1.165, 1.54) is 27.2 Å². The standard InChI is InChI=1S/C29H34O17/c1-9-18(33)21(36)23(38)28(43-9)42-8-16-19(34)22(37)24(39)29(45-16)46-27-20(35)17-12(31)6-11(30)7-14(17)44-25(27)10-4-13(32)26(41-3)15(5-10)40-2/h4-7,9,16,18-19,21-24,28-34,36-39H,8H2,1-3H3/t9-,16+,18-,19+,21+,22-,23+,24+,28+,29-/m0/s1. The van der Waals surface area contributed by atoms with E-state index in [0.29, 0.717) is 0 Å². The van der Waals surface area contributed by atoms with Gasteiger partial charge in [0.05, 0.1) is 26.9 Å². The second-order valence-corrected chi connectivity index (χ2v) is 10.8. The topological polar surface area (TPSA) is 268 Å². The van der Waals surface area contributed by atoms with Crippen molar-refractivity contribution in [3.8, 4) is 45.8 Å². The first-order valence-electron chi connectivity index (χ1n) is 13.9. The Morgan fingerprint density at radius 2 is 1.41 bits per heavy atom. The number of methoxy groups -OCH3 is 2. The maximum Gasteiger partial charge on any atom is 0.239 e. The number of rotatable bonds is 8. The van der Waals surface area contributed by atoms with E-state index >= 15 is 0 Å². The van der Waals surface area contributed by atoms with Gasteiger partial charge in [0.1, 0.15) is 65.2 Å². The van der Waals surface area contributed by atoms with E-state index in [1.807, 2.05) is 0 Å². The van der Waals surface area contributed by atoms with Gasteiger partial charge < -0.3 is 78.8 Å². The van der Waals surface area contributed by atoms with E-state index in [0.717, 1.165) is 18.2 Å². The van der Waals surface area contributed by atoms with E-state index in [-0.39, 0.29) is 22.6 Å². The first kappa shape index (κ1) is 33.5. The Bertz CT molecular complexity index is 1620. The summed E-state index contributed by atoms with van der Waals surface area (Å²) >= 11 is 0. The van der Waals surface area contributed by atoms with Gasteiger partial charge >= 0.3 is 0 Å². The van der Waals surface area contributed by atoms with E-state index < -0.39 is 108 Å². The molecule has 0 radical (unpaired) electrons. The first-order valence-corrected chi connectivity index (χ1v) is 13.9. The summed E-state index contributed by atoms with van der Waals surface area (Å²) in [5.41, 5.74) is -1.35. The summed E-state index contributed by atoms with van der Waals surface area (Å²) in [6, 6.07) is 4.37. The van der Waals surface area contributed by atoms with E-state index in [2.05, 4.69) is 0 Å². The van der Waals surface area contributed by atoms with Gasteiger partial charge in [-0.3, -0.25) is 4.79 Å². The Kier molecular flexibility index (Phi) is 9.50. The zero-order valence-corrected chi connectivity index (χ0v) is 24.6. The normalized spacial score (nSPS) is 31.5. The molecule has 0 aliphatic carbocycles. The molecule has 0 unspecified atom stereocenters. The van der Waals surface area contributed by atoms with Gasteiger partial charge in [-0.2, -0.15) is 0 Å². The maximum absolute atomic E-state index is 13.8. The number of fused-ring (bicyclic) bond motifs is 1. The van der Waals surface area contributed by atoms with Crippen LogP contribution in [0.3, 0.4) is 0 Å². The summed E-state index contributed by atoms with van der Waals surface area (Å²) in [4.78, 5) is 13.8. The van der Waals surface area contributed by atoms with Crippen molar-refractivity contribution in [1.29, 1.82) is 0 Å². The number of benzene rings is 2. The molecule has 3 heterocycles. The molecule has 1 aromatic heterocycles. The van der Waals surface area contributed by atoms with Gasteiger partial charge in [-0.05, 0) is 19.1 Å². The zero-order chi connectivity index (χ0) is 33.6. The predicted octanol–water partition coefficient (Wildman–Crippen LogP) is -1.38. The predicted molar refractivity (Wildman–Crippen MR) is 152 cm³/mol. The molecule has 5 rings (SSSR count). The summed E-state index contributed by atoms with van der Waals surface area (Å²) in [6.07, 6.45) is -16.2. The Morgan fingerprint density at radius 1 is 0.739 bits per heavy atom. The molecule has 2 aromatic carbocycles. The molecule has 0 bridgehead atoms. The van der Waals surface area contributed by atoms with Crippen molar-refractivity contribution in [3.63, 3.8) is 0 Å². The third kappa shape index (κ3) is 5.99. The summed E-state index contributed by atoms with van der Waals surface area (Å²) in [5.74, 6) is -2.71. The Labute approximate surface area is 259 Å². The molecule has 17 nitrogen and oxygen atoms in total. The second kappa shape index (κ2) is 13.1. The smallest absolute Gasteiger partial charge is 0.239 e. The third-order valence-corrected chi connectivity index (χ3v) is 7.77. The van der Waals surface area contributed by atoms with Crippen LogP contribution in [0.2, 0.25) is 0 Å². The average Bonchev–Trinajstić information content (AvgIpc) is 3.01. The van der Waals surface area contributed by atoms with Crippen LogP contribution in [0.5, 0.6) is 34.5 Å². The number of hydrogen-bond acceptors (Lipinski definition) is 17. The van der Waals surface area contributed by atoms with Crippen molar-refractivity contribution in [2.75, 3.05) is 20.8 Å². The maximum atomic E-state index is 13.8. The SMILES string of the molecule is COc1cc(-c2oc3cc(O)cc(O)c3c(=O)c2O[C@@H]2O[C@H](CO[C@@H]3O[C@@H](C)[C@H](O)[C@@H](O)[C@H]3O)[C@@H](O)[C@H](O)[C@H]2O)cc(O)c1OC. The van der Waals surface area contributed by atoms with E-state index in [1.54, 1.807) is 0 Å². The van der Waals surface area contributed by atoms with Gasteiger partial charge in [0.25, 0.3) is 0 Å². The fourth-order valence-corrected chi connectivity index (χ4v) is 5.25. The number of hydrogen-bond donors (Lipinski definition) is 9. The Morgan fingerprint density at radius 3 is 2.09 bits per heavy atom. The second-order valence-electron chi connectivity index (χ2n) is 10.8. The van der Waals surface area contributed by atoms with Crippen molar-refractivity contribution in [2.24, 2.45) is 0 Å². The van der Waals surface area contributed by atoms with Crippen LogP contribution in [0.15, 0.2) is 33.5 Å². The zero-order valence-electron chi connectivity index (χ0n) is 24.6. The van der Waals surface area contributed by atoms with E-state index in [9.17, 15) is 50.8 Å². The van der Waals surface area contributed by atoms with Gasteiger partial charge in [0, 0.05) is 17.7 Å². The van der Waals surface area contributed by atoms with Crippen molar-refractivity contribution in [1.82, 2.24) is 0 Å².